The van der Waals surface area contributed by atoms with Crippen LogP contribution in [0, 0.1) is 0 Å². The maximum absolute atomic E-state index is 12.9. The third kappa shape index (κ3) is 2.12. The summed E-state index contributed by atoms with van der Waals surface area (Å²) in [5.41, 5.74) is 1.45. The standard InChI is InChI=1S/C16H19N3O2/c20-16(15-11-5-1-2-6-12(11)17-18-15)19-9-10-21-14-8-4-3-7-13(14)19/h1-2,5-6,13-14H,3-4,7-10H2,(H,17,18)/t13-,14-/m1/s1. The SMILES string of the molecule is O=C(c1n[nH]c2ccccc12)N1CCO[C@@H]2CCCC[C@H]21. The van der Waals surface area contributed by atoms with Crippen LogP contribution in [0.25, 0.3) is 10.9 Å². The van der Waals surface area contributed by atoms with Gasteiger partial charge >= 0.3 is 0 Å². The second-order valence-electron chi connectivity index (χ2n) is 5.88. The highest BCUT2D eigenvalue weighted by Crippen LogP contribution is 2.30. The van der Waals surface area contributed by atoms with E-state index in [1.54, 1.807) is 0 Å². The van der Waals surface area contributed by atoms with E-state index < -0.39 is 0 Å². The first-order valence-electron chi connectivity index (χ1n) is 7.70. The number of para-hydroxylation sites is 1. The predicted molar refractivity (Wildman–Crippen MR) is 79.1 cm³/mol. The second kappa shape index (κ2) is 5.15. The second-order valence-corrected chi connectivity index (χ2v) is 5.88. The topological polar surface area (TPSA) is 58.2 Å². The van der Waals surface area contributed by atoms with E-state index in [2.05, 4.69) is 10.2 Å². The Hall–Kier alpha value is -1.88. The van der Waals surface area contributed by atoms with Crippen molar-refractivity contribution in [1.29, 1.82) is 0 Å². The molecule has 1 saturated carbocycles. The smallest absolute Gasteiger partial charge is 0.275 e. The first-order valence-corrected chi connectivity index (χ1v) is 7.70. The molecule has 21 heavy (non-hydrogen) atoms. The number of aromatic nitrogens is 2. The number of benzene rings is 1. The summed E-state index contributed by atoms with van der Waals surface area (Å²) in [4.78, 5) is 14.9. The Labute approximate surface area is 123 Å². The average molecular weight is 285 g/mol. The molecule has 1 aliphatic carbocycles. The number of carbonyl (C=O) groups is 1. The lowest BCUT2D eigenvalue weighted by atomic mass is 9.90. The van der Waals surface area contributed by atoms with Gasteiger partial charge in [-0.05, 0) is 18.9 Å². The molecule has 1 aliphatic heterocycles. The molecule has 110 valence electrons. The molecule has 1 saturated heterocycles. The fraction of sp³-hybridized carbons (Fsp3) is 0.500. The quantitative estimate of drug-likeness (QED) is 0.875. The minimum atomic E-state index is 0.0349. The molecule has 2 aliphatic rings. The zero-order chi connectivity index (χ0) is 14.2. The Morgan fingerprint density at radius 2 is 2.14 bits per heavy atom. The third-order valence-electron chi connectivity index (χ3n) is 4.67. The summed E-state index contributed by atoms with van der Waals surface area (Å²) in [6.07, 6.45) is 4.69. The van der Waals surface area contributed by atoms with Gasteiger partial charge in [0.15, 0.2) is 5.69 Å². The van der Waals surface area contributed by atoms with Gasteiger partial charge in [-0.25, -0.2) is 0 Å². The van der Waals surface area contributed by atoms with E-state index >= 15 is 0 Å². The summed E-state index contributed by atoms with van der Waals surface area (Å²) in [5, 5.41) is 8.11. The van der Waals surface area contributed by atoms with Crippen LogP contribution in [0.3, 0.4) is 0 Å². The molecule has 0 unspecified atom stereocenters. The molecule has 0 bridgehead atoms. The Balaban J connectivity index is 1.67. The van der Waals surface area contributed by atoms with Crippen molar-refractivity contribution in [3.8, 4) is 0 Å². The molecule has 2 fully saturated rings. The number of hydrogen-bond acceptors (Lipinski definition) is 3. The first-order chi connectivity index (χ1) is 10.3. The van der Waals surface area contributed by atoms with Crippen molar-refractivity contribution in [1.82, 2.24) is 15.1 Å². The molecular formula is C16H19N3O2. The van der Waals surface area contributed by atoms with E-state index in [4.69, 9.17) is 4.74 Å². The zero-order valence-corrected chi connectivity index (χ0v) is 11.9. The number of morpholine rings is 1. The fourth-order valence-electron chi connectivity index (χ4n) is 3.61. The van der Waals surface area contributed by atoms with Crippen LogP contribution in [-0.2, 0) is 4.74 Å². The molecule has 5 nitrogen and oxygen atoms in total. The molecule has 4 rings (SSSR count). The molecule has 5 heteroatoms. The number of carbonyl (C=O) groups excluding carboxylic acids is 1. The summed E-state index contributed by atoms with van der Waals surface area (Å²) < 4.78 is 5.85. The summed E-state index contributed by atoms with van der Waals surface area (Å²) in [6, 6.07) is 8.00. The molecule has 1 N–H and O–H groups in total. The van der Waals surface area contributed by atoms with Crippen LogP contribution in [0.1, 0.15) is 36.2 Å². The average Bonchev–Trinajstić information content (AvgIpc) is 2.98. The minimum Gasteiger partial charge on any atom is -0.374 e. The molecule has 0 spiro atoms. The van der Waals surface area contributed by atoms with Crippen LogP contribution in [0.4, 0.5) is 0 Å². The van der Waals surface area contributed by atoms with Crippen LogP contribution in [-0.4, -0.2) is 46.3 Å². The van der Waals surface area contributed by atoms with Gasteiger partial charge in [-0.15, -0.1) is 0 Å². The number of rotatable bonds is 1. The number of nitrogens with zero attached hydrogens (tertiary/aromatic N) is 2. The highest BCUT2D eigenvalue weighted by Gasteiger charge is 2.37. The monoisotopic (exact) mass is 285 g/mol. The van der Waals surface area contributed by atoms with Crippen molar-refractivity contribution < 1.29 is 9.53 Å². The summed E-state index contributed by atoms with van der Waals surface area (Å²) in [6.45, 7) is 1.30. The predicted octanol–water partition coefficient (Wildman–Crippen LogP) is 2.35. The van der Waals surface area contributed by atoms with Crippen molar-refractivity contribution in [2.75, 3.05) is 13.2 Å². The van der Waals surface area contributed by atoms with Crippen LogP contribution in [0.15, 0.2) is 24.3 Å². The highest BCUT2D eigenvalue weighted by molar-refractivity contribution is 6.04. The first kappa shape index (κ1) is 12.8. The lowest BCUT2D eigenvalue weighted by molar-refractivity contribution is -0.0753. The van der Waals surface area contributed by atoms with Gasteiger partial charge < -0.3 is 9.64 Å². The lowest BCUT2D eigenvalue weighted by Crippen LogP contribution is -2.54. The number of hydrogen-bond donors (Lipinski definition) is 1. The van der Waals surface area contributed by atoms with E-state index in [9.17, 15) is 4.79 Å². The number of H-pyrrole nitrogens is 1. The van der Waals surface area contributed by atoms with E-state index in [1.807, 2.05) is 29.2 Å². The molecule has 1 aromatic carbocycles. The lowest BCUT2D eigenvalue weighted by Gasteiger charge is -2.43. The van der Waals surface area contributed by atoms with Crippen molar-refractivity contribution in [3.05, 3.63) is 30.0 Å². The number of fused-ring (bicyclic) bond motifs is 2. The summed E-state index contributed by atoms with van der Waals surface area (Å²) in [7, 11) is 0. The molecule has 2 heterocycles. The van der Waals surface area contributed by atoms with Crippen molar-refractivity contribution in [3.63, 3.8) is 0 Å². The number of nitrogens with one attached hydrogen (secondary N) is 1. The van der Waals surface area contributed by atoms with Gasteiger partial charge in [-0.2, -0.15) is 5.10 Å². The molecule has 2 atom stereocenters. The van der Waals surface area contributed by atoms with Gasteiger partial charge in [0, 0.05) is 11.9 Å². The zero-order valence-electron chi connectivity index (χ0n) is 11.9. The Kier molecular flexibility index (Phi) is 3.15. The van der Waals surface area contributed by atoms with Crippen LogP contribution in [0.5, 0.6) is 0 Å². The highest BCUT2D eigenvalue weighted by atomic mass is 16.5. The van der Waals surface area contributed by atoms with Gasteiger partial charge in [0.25, 0.3) is 5.91 Å². The van der Waals surface area contributed by atoms with E-state index in [0.29, 0.717) is 18.8 Å². The van der Waals surface area contributed by atoms with E-state index in [1.165, 1.54) is 12.8 Å². The normalized spacial score (nSPS) is 25.8. The fourth-order valence-corrected chi connectivity index (χ4v) is 3.61. The number of ether oxygens (including phenoxy) is 1. The van der Waals surface area contributed by atoms with Gasteiger partial charge in [0.1, 0.15) is 0 Å². The van der Waals surface area contributed by atoms with Gasteiger partial charge in [-0.3, -0.25) is 9.89 Å². The van der Waals surface area contributed by atoms with Crippen LogP contribution < -0.4 is 0 Å². The van der Waals surface area contributed by atoms with Crippen LogP contribution in [0.2, 0.25) is 0 Å². The van der Waals surface area contributed by atoms with Crippen LogP contribution >= 0.6 is 0 Å². The largest absolute Gasteiger partial charge is 0.374 e. The van der Waals surface area contributed by atoms with Gasteiger partial charge in [0.05, 0.1) is 24.3 Å². The molecule has 1 aromatic heterocycles. The third-order valence-corrected chi connectivity index (χ3v) is 4.67. The van der Waals surface area contributed by atoms with Gasteiger partial charge in [-0.1, -0.05) is 31.0 Å². The number of aromatic amines is 1. The molecule has 1 amide bonds. The van der Waals surface area contributed by atoms with Gasteiger partial charge in [0.2, 0.25) is 0 Å². The molecule has 2 aromatic rings. The van der Waals surface area contributed by atoms with E-state index in [0.717, 1.165) is 23.7 Å². The Bertz CT molecular complexity index is 664. The summed E-state index contributed by atoms with van der Waals surface area (Å²) >= 11 is 0. The Morgan fingerprint density at radius 1 is 1.29 bits per heavy atom. The maximum Gasteiger partial charge on any atom is 0.275 e. The van der Waals surface area contributed by atoms with Crippen molar-refractivity contribution in [2.24, 2.45) is 0 Å². The van der Waals surface area contributed by atoms with E-state index in [-0.39, 0.29) is 18.1 Å². The molecular weight excluding hydrogens is 266 g/mol. The molecule has 0 radical (unpaired) electrons. The summed E-state index contributed by atoms with van der Waals surface area (Å²) in [5.74, 6) is 0.0349. The van der Waals surface area contributed by atoms with Crippen molar-refractivity contribution >= 4 is 16.8 Å². The van der Waals surface area contributed by atoms with Crippen molar-refractivity contribution in [2.45, 2.75) is 37.8 Å². The minimum absolute atomic E-state index is 0.0349. The Morgan fingerprint density at radius 3 is 3.10 bits per heavy atom. The maximum atomic E-state index is 12.9. The number of amides is 1.